The highest BCUT2D eigenvalue weighted by Crippen LogP contribution is 2.23. The lowest BCUT2D eigenvalue weighted by atomic mass is 10.2. The van der Waals surface area contributed by atoms with Crippen molar-refractivity contribution in [1.29, 1.82) is 0 Å². The van der Waals surface area contributed by atoms with Gasteiger partial charge in [-0.05, 0) is 31.2 Å². The topological polar surface area (TPSA) is 98.3 Å². The molecule has 2 rings (SSSR count). The van der Waals surface area contributed by atoms with Crippen LogP contribution in [0, 0.1) is 0 Å². The molecule has 28 heavy (non-hydrogen) atoms. The zero-order valence-corrected chi connectivity index (χ0v) is 16.2. The third-order valence-corrected chi connectivity index (χ3v) is 3.76. The summed E-state index contributed by atoms with van der Waals surface area (Å²) in [5, 5.41) is 6.73. The quantitative estimate of drug-likeness (QED) is 0.538. The van der Waals surface area contributed by atoms with Crippen molar-refractivity contribution < 1.29 is 23.8 Å². The van der Waals surface area contributed by atoms with Crippen LogP contribution >= 0.6 is 0 Å². The molecule has 0 atom stereocenters. The van der Waals surface area contributed by atoms with Gasteiger partial charge in [-0.25, -0.2) is 5.43 Å². The second-order valence-electron chi connectivity index (χ2n) is 5.81. The molecule has 2 amide bonds. The maximum atomic E-state index is 12.3. The first-order valence-electron chi connectivity index (χ1n) is 8.46. The summed E-state index contributed by atoms with van der Waals surface area (Å²) < 4.78 is 15.5. The minimum atomic E-state index is -0.443. The number of hydrogen-bond donors (Lipinski definition) is 2. The Morgan fingerprint density at radius 2 is 1.61 bits per heavy atom. The fraction of sp³-hybridized carbons (Fsp3) is 0.250. The van der Waals surface area contributed by atoms with E-state index in [-0.39, 0.29) is 12.3 Å². The molecule has 0 unspecified atom stereocenters. The van der Waals surface area contributed by atoms with Gasteiger partial charge in [-0.3, -0.25) is 9.59 Å². The summed E-state index contributed by atoms with van der Waals surface area (Å²) in [7, 11) is 4.53. The maximum absolute atomic E-state index is 12.3. The summed E-state index contributed by atoms with van der Waals surface area (Å²) in [5.74, 6) is 0.818. The van der Waals surface area contributed by atoms with E-state index in [1.807, 2.05) is 6.07 Å². The fourth-order valence-electron chi connectivity index (χ4n) is 2.36. The zero-order valence-electron chi connectivity index (χ0n) is 16.2. The molecule has 0 aliphatic heterocycles. The summed E-state index contributed by atoms with van der Waals surface area (Å²) in [6.07, 6.45) is 0.0137. The number of carbonyl (C=O) groups excluding carboxylic acids is 2. The second-order valence-corrected chi connectivity index (χ2v) is 5.81. The van der Waals surface area contributed by atoms with Gasteiger partial charge in [0.25, 0.3) is 5.91 Å². The number of hydrogen-bond acceptors (Lipinski definition) is 6. The molecule has 2 aromatic carbocycles. The van der Waals surface area contributed by atoms with E-state index in [1.165, 1.54) is 21.3 Å². The van der Waals surface area contributed by atoms with Crippen LogP contribution in [0.25, 0.3) is 0 Å². The first-order chi connectivity index (χ1) is 13.5. The van der Waals surface area contributed by atoms with Gasteiger partial charge in [0.2, 0.25) is 5.91 Å². The minimum absolute atomic E-state index is 0.0137. The van der Waals surface area contributed by atoms with Gasteiger partial charge in [-0.1, -0.05) is 12.1 Å². The third-order valence-electron chi connectivity index (χ3n) is 3.76. The molecule has 0 heterocycles. The largest absolute Gasteiger partial charge is 0.497 e. The molecule has 0 aliphatic carbocycles. The summed E-state index contributed by atoms with van der Waals surface area (Å²) in [6, 6.07) is 11.9. The highest BCUT2D eigenvalue weighted by Gasteiger charge is 2.11. The van der Waals surface area contributed by atoms with Gasteiger partial charge >= 0.3 is 0 Å². The van der Waals surface area contributed by atoms with Crippen LogP contribution in [-0.4, -0.2) is 38.9 Å². The maximum Gasteiger partial charge on any atom is 0.271 e. The van der Waals surface area contributed by atoms with E-state index in [0.717, 1.165) is 0 Å². The van der Waals surface area contributed by atoms with Crippen molar-refractivity contribution in [2.75, 3.05) is 26.6 Å². The van der Waals surface area contributed by atoms with E-state index in [0.29, 0.717) is 34.2 Å². The van der Waals surface area contributed by atoms with Crippen molar-refractivity contribution in [1.82, 2.24) is 5.43 Å². The van der Waals surface area contributed by atoms with E-state index in [9.17, 15) is 9.59 Å². The van der Waals surface area contributed by atoms with Crippen LogP contribution < -0.4 is 25.0 Å². The number of methoxy groups -OCH3 is 3. The number of nitrogens with zero attached hydrogens (tertiary/aromatic N) is 1. The van der Waals surface area contributed by atoms with Crippen LogP contribution in [0.3, 0.4) is 0 Å². The summed E-state index contributed by atoms with van der Waals surface area (Å²) in [5.41, 5.74) is 3.76. The van der Waals surface area contributed by atoms with Crippen LogP contribution in [0.4, 0.5) is 5.69 Å². The molecule has 0 saturated heterocycles. The molecule has 0 bridgehead atoms. The van der Waals surface area contributed by atoms with E-state index < -0.39 is 5.91 Å². The van der Waals surface area contributed by atoms with Crippen molar-refractivity contribution in [2.45, 2.75) is 13.3 Å². The zero-order chi connectivity index (χ0) is 20.5. The first-order valence-corrected chi connectivity index (χ1v) is 8.46. The molecule has 148 valence electrons. The van der Waals surface area contributed by atoms with Gasteiger partial charge in [0, 0.05) is 17.3 Å². The Kier molecular flexibility index (Phi) is 7.38. The van der Waals surface area contributed by atoms with E-state index in [4.69, 9.17) is 14.2 Å². The Balaban J connectivity index is 1.98. The van der Waals surface area contributed by atoms with Crippen LogP contribution in [-0.2, 0) is 4.79 Å². The number of hydrazone groups is 1. The fourth-order valence-corrected chi connectivity index (χ4v) is 2.36. The molecular formula is C20H23N3O5. The lowest BCUT2D eigenvalue weighted by molar-refractivity contribution is -0.115. The average molecular weight is 385 g/mol. The summed E-state index contributed by atoms with van der Waals surface area (Å²) >= 11 is 0. The molecule has 8 nitrogen and oxygen atoms in total. The third kappa shape index (κ3) is 5.73. The lowest BCUT2D eigenvalue weighted by Crippen LogP contribution is -2.21. The highest BCUT2D eigenvalue weighted by molar-refractivity contribution is 6.06. The lowest BCUT2D eigenvalue weighted by Gasteiger charge is -2.10. The summed E-state index contributed by atoms with van der Waals surface area (Å²) in [6.45, 7) is 1.65. The smallest absolute Gasteiger partial charge is 0.271 e. The number of amides is 2. The molecule has 0 fully saturated rings. The average Bonchev–Trinajstić information content (AvgIpc) is 2.71. The van der Waals surface area contributed by atoms with Gasteiger partial charge in [0.15, 0.2) is 0 Å². The van der Waals surface area contributed by atoms with Crippen LogP contribution in [0.1, 0.15) is 23.7 Å². The number of benzene rings is 2. The van der Waals surface area contributed by atoms with Gasteiger partial charge in [0.1, 0.15) is 17.2 Å². The SMILES string of the molecule is COc1cc(OC)cc(C(=O)N/N=C(/C)CC(=O)Nc2ccccc2OC)c1. The molecule has 8 heteroatoms. The van der Waals surface area contributed by atoms with Crippen molar-refractivity contribution in [3.63, 3.8) is 0 Å². The monoisotopic (exact) mass is 385 g/mol. The van der Waals surface area contributed by atoms with E-state index >= 15 is 0 Å². The molecule has 2 N–H and O–H groups in total. The van der Waals surface area contributed by atoms with E-state index in [1.54, 1.807) is 43.3 Å². The number of para-hydroxylation sites is 2. The molecule has 0 saturated carbocycles. The number of carbonyl (C=O) groups is 2. The van der Waals surface area contributed by atoms with Crippen molar-refractivity contribution in [3.05, 3.63) is 48.0 Å². The predicted octanol–water partition coefficient (Wildman–Crippen LogP) is 2.85. The molecule has 0 aromatic heterocycles. The number of ether oxygens (including phenoxy) is 3. The van der Waals surface area contributed by atoms with Gasteiger partial charge < -0.3 is 19.5 Å². The van der Waals surface area contributed by atoms with Crippen molar-refractivity contribution >= 4 is 23.2 Å². The Morgan fingerprint density at radius 1 is 0.964 bits per heavy atom. The number of anilines is 1. The standard InChI is InChI=1S/C20H23N3O5/c1-13(9-19(24)21-17-7-5-6-8-18(17)28-4)22-23-20(25)14-10-15(26-2)12-16(11-14)27-3/h5-8,10-12H,9H2,1-4H3,(H,21,24)(H,23,25)/b22-13-. The number of rotatable bonds is 8. The van der Waals surface area contributed by atoms with E-state index in [2.05, 4.69) is 15.8 Å². The first kappa shape index (κ1) is 20.8. The van der Waals surface area contributed by atoms with Gasteiger partial charge in [-0.2, -0.15) is 5.10 Å². The molecule has 0 radical (unpaired) electrons. The highest BCUT2D eigenvalue weighted by atomic mass is 16.5. The Morgan fingerprint density at radius 3 is 2.21 bits per heavy atom. The predicted molar refractivity (Wildman–Crippen MR) is 106 cm³/mol. The Hall–Kier alpha value is -3.55. The van der Waals surface area contributed by atoms with Crippen molar-refractivity contribution in [2.24, 2.45) is 5.10 Å². The minimum Gasteiger partial charge on any atom is -0.497 e. The second kappa shape index (κ2) is 9.96. The normalized spacial score (nSPS) is 10.8. The van der Waals surface area contributed by atoms with Gasteiger partial charge in [-0.15, -0.1) is 0 Å². The molecule has 2 aromatic rings. The van der Waals surface area contributed by atoms with Crippen LogP contribution in [0.5, 0.6) is 17.2 Å². The van der Waals surface area contributed by atoms with Gasteiger partial charge in [0.05, 0.1) is 33.4 Å². The van der Waals surface area contributed by atoms with Crippen molar-refractivity contribution in [3.8, 4) is 17.2 Å². The molecular weight excluding hydrogens is 362 g/mol. The summed E-state index contributed by atoms with van der Waals surface area (Å²) in [4.78, 5) is 24.5. The Labute approximate surface area is 163 Å². The van der Waals surface area contributed by atoms with Crippen LogP contribution in [0.15, 0.2) is 47.6 Å². The Bertz CT molecular complexity index is 858. The number of nitrogens with one attached hydrogen (secondary N) is 2. The van der Waals surface area contributed by atoms with Crippen LogP contribution in [0.2, 0.25) is 0 Å². The molecule has 0 spiro atoms. The molecule has 0 aliphatic rings.